The third-order valence-electron chi connectivity index (χ3n) is 3.09. The summed E-state index contributed by atoms with van der Waals surface area (Å²) in [5, 5.41) is 0.686. The Morgan fingerprint density at radius 1 is 1.09 bits per heavy atom. The summed E-state index contributed by atoms with van der Waals surface area (Å²) in [6, 6.07) is 10.8. The van der Waals surface area contributed by atoms with Crippen LogP contribution in [0.25, 0.3) is 0 Å². The fourth-order valence-corrected chi connectivity index (χ4v) is 2.65. The van der Waals surface area contributed by atoms with Gasteiger partial charge in [-0.3, -0.25) is 4.79 Å². The number of hydrogen-bond donors (Lipinski definition) is 0. The lowest BCUT2D eigenvalue weighted by atomic mass is 10.1. The maximum Gasteiger partial charge on any atom is 0.153 e. The predicted octanol–water partition coefficient (Wildman–Crippen LogP) is 4.99. The van der Waals surface area contributed by atoms with Crippen LogP contribution in [0.15, 0.2) is 49.1 Å². The van der Waals surface area contributed by atoms with Crippen LogP contribution in [0.1, 0.15) is 15.9 Å². The van der Waals surface area contributed by atoms with Crippen LogP contribution >= 0.6 is 23.2 Å². The van der Waals surface area contributed by atoms with Crippen molar-refractivity contribution in [2.24, 2.45) is 0 Å². The fraction of sp³-hybridized carbons (Fsp3) is 0.167. The summed E-state index contributed by atoms with van der Waals surface area (Å²) < 4.78 is 11.3. The van der Waals surface area contributed by atoms with E-state index in [0.29, 0.717) is 34.3 Å². The van der Waals surface area contributed by atoms with Gasteiger partial charge in [-0.25, -0.2) is 0 Å². The fourth-order valence-electron chi connectivity index (χ4n) is 2.08. The van der Waals surface area contributed by atoms with Crippen LogP contribution in [-0.4, -0.2) is 19.5 Å². The summed E-state index contributed by atoms with van der Waals surface area (Å²) in [5.74, 6) is 1.10. The van der Waals surface area contributed by atoms with E-state index < -0.39 is 0 Å². The van der Waals surface area contributed by atoms with E-state index in [4.69, 9.17) is 32.7 Å². The zero-order valence-electron chi connectivity index (χ0n) is 12.4. The van der Waals surface area contributed by atoms with Crippen LogP contribution in [0.5, 0.6) is 11.5 Å². The standard InChI is InChI=1S/C18H16Cl2O3/c1-2-5-13-6-3-4-7-17(13)22-8-9-23-18-14(12-21)10-15(19)11-16(18)20/h2-4,6-7,10-12H,1,5,8-9H2. The molecular formula is C18H16Cl2O3. The zero-order chi connectivity index (χ0) is 16.7. The van der Waals surface area contributed by atoms with Gasteiger partial charge in [-0.1, -0.05) is 47.5 Å². The van der Waals surface area contributed by atoms with Gasteiger partial charge >= 0.3 is 0 Å². The van der Waals surface area contributed by atoms with E-state index in [0.717, 1.165) is 17.7 Å². The van der Waals surface area contributed by atoms with Gasteiger partial charge in [0.2, 0.25) is 0 Å². The molecule has 5 heteroatoms. The van der Waals surface area contributed by atoms with Crippen LogP contribution in [0.2, 0.25) is 10.0 Å². The van der Waals surface area contributed by atoms with Gasteiger partial charge in [0.25, 0.3) is 0 Å². The van der Waals surface area contributed by atoms with Crippen LogP contribution in [-0.2, 0) is 6.42 Å². The molecule has 0 aliphatic rings. The molecule has 0 fully saturated rings. The molecule has 0 atom stereocenters. The first-order valence-electron chi connectivity index (χ1n) is 7.04. The molecule has 0 aliphatic heterocycles. The molecule has 0 amide bonds. The van der Waals surface area contributed by atoms with Crippen LogP contribution in [0, 0.1) is 0 Å². The molecule has 2 aromatic carbocycles. The minimum absolute atomic E-state index is 0.255. The molecular weight excluding hydrogens is 335 g/mol. The van der Waals surface area contributed by atoms with Crippen molar-refractivity contribution >= 4 is 29.5 Å². The normalized spacial score (nSPS) is 10.2. The third-order valence-corrected chi connectivity index (χ3v) is 3.59. The van der Waals surface area contributed by atoms with Gasteiger partial charge in [0.1, 0.15) is 24.7 Å². The lowest BCUT2D eigenvalue weighted by Crippen LogP contribution is -2.11. The molecule has 0 saturated heterocycles. The number of allylic oxidation sites excluding steroid dienone is 1. The minimum Gasteiger partial charge on any atom is -0.490 e. The third kappa shape index (κ3) is 4.75. The number of rotatable bonds is 8. The van der Waals surface area contributed by atoms with Gasteiger partial charge in [-0.05, 0) is 30.2 Å². The number of halogens is 2. The maximum atomic E-state index is 11.1. The van der Waals surface area contributed by atoms with Crippen molar-refractivity contribution in [3.8, 4) is 11.5 Å². The Kier molecular flexibility index (Phi) is 6.51. The predicted molar refractivity (Wildman–Crippen MR) is 93.2 cm³/mol. The summed E-state index contributed by atoms with van der Waals surface area (Å²) in [6.07, 6.45) is 3.21. The first kappa shape index (κ1) is 17.4. The van der Waals surface area contributed by atoms with E-state index in [1.165, 1.54) is 12.1 Å². The van der Waals surface area contributed by atoms with Crippen molar-refractivity contribution in [2.45, 2.75) is 6.42 Å². The number of carbonyl (C=O) groups is 1. The lowest BCUT2D eigenvalue weighted by molar-refractivity contribution is 0.111. The second-order valence-corrected chi connectivity index (χ2v) is 5.56. The smallest absolute Gasteiger partial charge is 0.153 e. The van der Waals surface area contributed by atoms with Crippen molar-refractivity contribution in [3.63, 3.8) is 0 Å². The highest BCUT2D eigenvalue weighted by Crippen LogP contribution is 2.31. The number of carbonyl (C=O) groups excluding carboxylic acids is 1. The van der Waals surface area contributed by atoms with Crippen LogP contribution in [0.4, 0.5) is 0 Å². The second kappa shape index (κ2) is 8.61. The van der Waals surface area contributed by atoms with E-state index in [1.807, 2.05) is 30.3 Å². The summed E-state index contributed by atoms with van der Waals surface area (Å²) in [4.78, 5) is 11.1. The topological polar surface area (TPSA) is 35.5 Å². The maximum absolute atomic E-state index is 11.1. The number of hydrogen-bond acceptors (Lipinski definition) is 3. The molecule has 0 bridgehead atoms. The molecule has 0 aliphatic carbocycles. The highest BCUT2D eigenvalue weighted by molar-refractivity contribution is 6.36. The average Bonchev–Trinajstić information content (AvgIpc) is 2.54. The van der Waals surface area contributed by atoms with E-state index in [9.17, 15) is 4.79 Å². The van der Waals surface area contributed by atoms with Crippen molar-refractivity contribution in [1.82, 2.24) is 0 Å². The monoisotopic (exact) mass is 350 g/mol. The number of para-hydroxylation sites is 1. The Bertz CT molecular complexity index is 699. The highest BCUT2D eigenvalue weighted by Gasteiger charge is 2.10. The summed E-state index contributed by atoms with van der Waals surface area (Å²) in [6.45, 7) is 4.31. The van der Waals surface area contributed by atoms with Gasteiger partial charge in [-0.2, -0.15) is 0 Å². The van der Waals surface area contributed by atoms with Crippen LogP contribution < -0.4 is 9.47 Å². The Hall–Kier alpha value is -1.97. The first-order chi connectivity index (χ1) is 11.2. The molecule has 2 aromatic rings. The minimum atomic E-state index is 0.255. The van der Waals surface area contributed by atoms with Crippen LogP contribution in [0.3, 0.4) is 0 Å². The Labute approximate surface area is 145 Å². The Morgan fingerprint density at radius 2 is 1.83 bits per heavy atom. The second-order valence-electron chi connectivity index (χ2n) is 4.72. The van der Waals surface area contributed by atoms with Crippen molar-refractivity contribution < 1.29 is 14.3 Å². The van der Waals surface area contributed by atoms with E-state index in [-0.39, 0.29) is 6.61 Å². The van der Waals surface area contributed by atoms with E-state index in [1.54, 1.807) is 0 Å². The molecule has 0 heterocycles. The molecule has 0 radical (unpaired) electrons. The molecule has 120 valence electrons. The van der Waals surface area contributed by atoms with E-state index >= 15 is 0 Å². The van der Waals surface area contributed by atoms with Gasteiger partial charge in [-0.15, -0.1) is 6.58 Å². The average molecular weight is 351 g/mol. The molecule has 2 rings (SSSR count). The first-order valence-corrected chi connectivity index (χ1v) is 7.80. The largest absolute Gasteiger partial charge is 0.490 e. The lowest BCUT2D eigenvalue weighted by Gasteiger charge is -2.13. The molecule has 0 aromatic heterocycles. The van der Waals surface area contributed by atoms with Crippen molar-refractivity contribution in [3.05, 3.63) is 70.2 Å². The van der Waals surface area contributed by atoms with E-state index in [2.05, 4.69) is 6.58 Å². The summed E-state index contributed by atoms with van der Waals surface area (Å²) in [7, 11) is 0. The van der Waals surface area contributed by atoms with Gasteiger partial charge < -0.3 is 9.47 Å². The molecule has 0 unspecified atom stereocenters. The summed E-state index contributed by atoms with van der Waals surface area (Å²) >= 11 is 11.9. The number of benzene rings is 2. The van der Waals surface area contributed by atoms with Gasteiger partial charge in [0.05, 0.1) is 10.6 Å². The Balaban J connectivity index is 1.96. The number of ether oxygens (including phenoxy) is 2. The SMILES string of the molecule is C=CCc1ccccc1OCCOc1c(Cl)cc(Cl)cc1C=O. The molecule has 3 nitrogen and oxygen atoms in total. The summed E-state index contributed by atoms with van der Waals surface area (Å²) in [5.41, 5.74) is 1.37. The highest BCUT2D eigenvalue weighted by atomic mass is 35.5. The quantitative estimate of drug-likeness (QED) is 0.382. The van der Waals surface area contributed by atoms with Gasteiger partial charge in [0, 0.05) is 5.02 Å². The van der Waals surface area contributed by atoms with Gasteiger partial charge in [0.15, 0.2) is 6.29 Å². The molecule has 0 spiro atoms. The molecule has 0 N–H and O–H groups in total. The van der Waals surface area contributed by atoms with Crippen molar-refractivity contribution in [1.29, 1.82) is 0 Å². The zero-order valence-corrected chi connectivity index (χ0v) is 13.9. The Morgan fingerprint density at radius 3 is 2.57 bits per heavy atom. The molecule has 0 saturated carbocycles. The molecule has 23 heavy (non-hydrogen) atoms. The number of aldehydes is 1. The van der Waals surface area contributed by atoms with Crippen molar-refractivity contribution in [2.75, 3.05) is 13.2 Å².